The van der Waals surface area contributed by atoms with Crippen LogP contribution in [0.4, 0.5) is 5.69 Å². The monoisotopic (exact) mass is 508 g/mol. The van der Waals surface area contributed by atoms with Gasteiger partial charge in [-0.1, -0.05) is 35.5 Å². The summed E-state index contributed by atoms with van der Waals surface area (Å²) in [6, 6.07) is 15.4. The lowest BCUT2D eigenvalue weighted by Crippen LogP contribution is -2.16. The van der Waals surface area contributed by atoms with E-state index in [0.717, 1.165) is 32.7 Å². The van der Waals surface area contributed by atoms with E-state index < -0.39 is 0 Å². The Morgan fingerprint density at radius 3 is 2.64 bits per heavy atom. The Kier molecular flexibility index (Phi) is 6.65. The third-order valence-corrected chi connectivity index (χ3v) is 6.62. The van der Waals surface area contributed by atoms with Crippen LogP contribution in [0.1, 0.15) is 44.3 Å². The van der Waals surface area contributed by atoms with Crippen molar-refractivity contribution in [2.45, 2.75) is 40.8 Å². The summed E-state index contributed by atoms with van der Waals surface area (Å²) in [7, 11) is 0. The zero-order valence-electron chi connectivity index (χ0n) is 19.0. The fourth-order valence-corrected chi connectivity index (χ4v) is 3.83. The van der Waals surface area contributed by atoms with Gasteiger partial charge in [-0.05, 0) is 73.0 Å². The Balaban J connectivity index is 1.48. The molecule has 170 valence electrons. The van der Waals surface area contributed by atoms with Gasteiger partial charge in [0.05, 0.1) is 28.0 Å². The number of anilines is 1. The quantitative estimate of drug-likeness (QED) is 0.343. The summed E-state index contributed by atoms with van der Waals surface area (Å²) in [5.74, 6) is 0.965. The van der Waals surface area contributed by atoms with E-state index >= 15 is 0 Å². The molecule has 0 aliphatic rings. The van der Waals surface area contributed by atoms with Crippen LogP contribution in [0.15, 0.2) is 57.5 Å². The first kappa shape index (κ1) is 22.8. The Labute approximate surface area is 200 Å². The van der Waals surface area contributed by atoms with Gasteiger partial charge in [-0.25, -0.2) is 0 Å². The van der Waals surface area contributed by atoms with Crippen LogP contribution in [0, 0.1) is 27.7 Å². The van der Waals surface area contributed by atoms with E-state index in [0.29, 0.717) is 23.6 Å². The summed E-state index contributed by atoms with van der Waals surface area (Å²) >= 11 is 3.56. The van der Waals surface area contributed by atoms with E-state index in [-0.39, 0.29) is 18.2 Å². The predicted molar refractivity (Wildman–Crippen MR) is 130 cm³/mol. The molecule has 2 aromatic carbocycles. The molecule has 0 fully saturated rings. The second-order valence-corrected chi connectivity index (χ2v) is 8.71. The van der Waals surface area contributed by atoms with Gasteiger partial charge in [-0.3, -0.25) is 9.48 Å². The SMILES string of the molecule is Cc1ccccc1OCc1c(C(=O)Nc2cccc(Cn3nc(C)c(Br)c3C)c2)noc1C. The van der Waals surface area contributed by atoms with Crippen LogP contribution in [0.25, 0.3) is 0 Å². The number of hydrogen-bond acceptors (Lipinski definition) is 5. The number of benzene rings is 2. The van der Waals surface area contributed by atoms with Crippen molar-refractivity contribution in [2.24, 2.45) is 0 Å². The first-order valence-corrected chi connectivity index (χ1v) is 11.4. The molecule has 0 aliphatic carbocycles. The molecule has 0 saturated carbocycles. The smallest absolute Gasteiger partial charge is 0.278 e. The molecule has 7 nitrogen and oxygen atoms in total. The molecule has 1 N–H and O–H groups in total. The molecule has 2 heterocycles. The molecule has 4 aromatic rings. The minimum Gasteiger partial charge on any atom is -0.488 e. The van der Waals surface area contributed by atoms with Crippen LogP contribution in [0.3, 0.4) is 0 Å². The van der Waals surface area contributed by atoms with Crippen molar-refractivity contribution in [1.82, 2.24) is 14.9 Å². The lowest BCUT2D eigenvalue weighted by atomic mass is 10.1. The van der Waals surface area contributed by atoms with E-state index in [4.69, 9.17) is 9.26 Å². The van der Waals surface area contributed by atoms with Crippen molar-refractivity contribution >= 4 is 27.5 Å². The molecule has 0 bridgehead atoms. The molecule has 0 saturated heterocycles. The van der Waals surface area contributed by atoms with Crippen LogP contribution in [0.2, 0.25) is 0 Å². The van der Waals surface area contributed by atoms with Crippen molar-refractivity contribution in [2.75, 3.05) is 5.32 Å². The van der Waals surface area contributed by atoms with Gasteiger partial charge in [-0.2, -0.15) is 5.10 Å². The van der Waals surface area contributed by atoms with Gasteiger partial charge in [0.15, 0.2) is 5.69 Å². The second-order valence-electron chi connectivity index (χ2n) is 7.92. The standard InChI is InChI=1S/C25H25BrN4O3/c1-15-8-5-6-11-22(15)32-14-21-18(4)33-29-24(21)25(31)27-20-10-7-9-19(12-20)13-30-17(3)23(26)16(2)28-30/h5-12H,13-14H2,1-4H3,(H,27,31). The third kappa shape index (κ3) is 5.01. The van der Waals surface area contributed by atoms with E-state index in [1.165, 1.54) is 0 Å². The number of aryl methyl sites for hydroxylation is 3. The maximum Gasteiger partial charge on any atom is 0.278 e. The first-order chi connectivity index (χ1) is 15.8. The van der Waals surface area contributed by atoms with Gasteiger partial charge in [0.25, 0.3) is 5.91 Å². The fourth-order valence-electron chi connectivity index (χ4n) is 3.55. The van der Waals surface area contributed by atoms with E-state index in [1.54, 1.807) is 6.92 Å². The Bertz CT molecular complexity index is 1310. The summed E-state index contributed by atoms with van der Waals surface area (Å²) < 4.78 is 14.2. The Morgan fingerprint density at radius 2 is 1.91 bits per heavy atom. The molecule has 0 atom stereocenters. The lowest BCUT2D eigenvalue weighted by molar-refractivity contribution is 0.101. The summed E-state index contributed by atoms with van der Waals surface area (Å²) in [6.07, 6.45) is 0. The van der Waals surface area contributed by atoms with Crippen molar-refractivity contribution in [3.05, 3.63) is 92.5 Å². The average molecular weight is 509 g/mol. The highest BCUT2D eigenvalue weighted by Gasteiger charge is 2.21. The van der Waals surface area contributed by atoms with Gasteiger partial charge in [0, 0.05) is 5.69 Å². The van der Waals surface area contributed by atoms with Crippen LogP contribution in [-0.2, 0) is 13.2 Å². The maximum absolute atomic E-state index is 13.0. The number of nitrogens with one attached hydrogen (secondary N) is 1. The number of ether oxygens (including phenoxy) is 1. The van der Waals surface area contributed by atoms with Gasteiger partial charge >= 0.3 is 0 Å². The number of halogens is 1. The molecule has 2 aromatic heterocycles. The molecule has 8 heteroatoms. The van der Waals surface area contributed by atoms with Crippen molar-refractivity contribution in [1.29, 1.82) is 0 Å². The molecule has 0 spiro atoms. The van der Waals surface area contributed by atoms with Gasteiger partial charge in [0.1, 0.15) is 18.1 Å². The topological polar surface area (TPSA) is 82.2 Å². The maximum atomic E-state index is 13.0. The average Bonchev–Trinajstić information content (AvgIpc) is 3.28. The predicted octanol–water partition coefficient (Wildman–Crippen LogP) is 5.75. The van der Waals surface area contributed by atoms with E-state index in [9.17, 15) is 4.79 Å². The summed E-state index contributed by atoms with van der Waals surface area (Å²) in [6.45, 7) is 8.51. The minimum atomic E-state index is -0.346. The molecule has 33 heavy (non-hydrogen) atoms. The van der Waals surface area contributed by atoms with Crippen LogP contribution in [-0.4, -0.2) is 20.8 Å². The third-order valence-electron chi connectivity index (χ3n) is 5.48. The molecule has 4 rings (SSSR count). The molecule has 1 amide bonds. The Hall–Kier alpha value is -3.39. The minimum absolute atomic E-state index is 0.190. The van der Waals surface area contributed by atoms with Gasteiger partial charge in [0.2, 0.25) is 0 Å². The normalized spacial score (nSPS) is 10.9. The molecular weight excluding hydrogens is 484 g/mol. The Morgan fingerprint density at radius 1 is 1.12 bits per heavy atom. The zero-order chi connectivity index (χ0) is 23.5. The first-order valence-electron chi connectivity index (χ1n) is 10.6. The summed E-state index contributed by atoms with van der Waals surface area (Å²) in [5.41, 5.74) is 5.55. The molecule has 0 aliphatic heterocycles. The van der Waals surface area contributed by atoms with Gasteiger partial charge in [-0.15, -0.1) is 0 Å². The molecular formula is C25H25BrN4O3. The van der Waals surface area contributed by atoms with Crippen molar-refractivity contribution < 1.29 is 14.1 Å². The number of carbonyl (C=O) groups is 1. The highest BCUT2D eigenvalue weighted by molar-refractivity contribution is 9.10. The number of para-hydroxylation sites is 1. The lowest BCUT2D eigenvalue weighted by Gasteiger charge is -2.10. The number of amides is 1. The number of nitrogens with zero attached hydrogens (tertiary/aromatic N) is 3. The fraction of sp³-hybridized carbons (Fsp3) is 0.240. The number of hydrogen-bond donors (Lipinski definition) is 1. The van der Waals surface area contributed by atoms with E-state index in [1.807, 2.05) is 74.0 Å². The largest absolute Gasteiger partial charge is 0.488 e. The number of aromatic nitrogens is 3. The second kappa shape index (κ2) is 9.62. The molecule has 0 radical (unpaired) electrons. The van der Waals surface area contributed by atoms with Crippen LogP contribution in [0.5, 0.6) is 5.75 Å². The van der Waals surface area contributed by atoms with Crippen LogP contribution >= 0.6 is 15.9 Å². The number of carbonyl (C=O) groups excluding carboxylic acids is 1. The zero-order valence-corrected chi connectivity index (χ0v) is 20.6. The van der Waals surface area contributed by atoms with Crippen molar-refractivity contribution in [3.63, 3.8) is 0 Å². The van der Waals surface area contributed by atoms with Gasteiger partial charge < -0.3 is 14.6 Å². The molecule has 0 unspecified atom stereocenters. The van der Waals surface area contributed by atoms with Crippen LogP contribution < -0.4 is 10.1 Å². The highest BCUT2D eigenvalue weighted by atomic mass is 79.9. The summed E-state index contributed by atoms with van der Waals surface area (Å²) in [5, 5.41) is 11.5. The van der Waals surface area contributed by atoms with Crippen molar-refractivity contribution in [3.8, 4) is 5.75 Å². The highest BCUT2D eigenvalue weighted by Crippen LogP contribution is 2.23. The summed E-state index contributed by atoms with van der Waals surface area (Å²) in [4.78, 5) is 13.0. The van der Waals surface area contributed by atoms with E-state index in [2.05, 4.69) is 31.5 Å². The number of rotatable bonds is 7.